The maximum Gasteiger partial charge on any atom is 0 e. The van der Waals surface area contributed by atoms with Gasteiger partial charge in [-0.3, -0.25) is 0 Å². The van der Waals surface area contributed by atoms with Crippen LogP contribution in [0.4, 0.5) is 0 Å². The molecule has 8 atom stereocenters. The Morgan fingerprint density at radius 2 is 1.04 bits per heavy atom. The topological polar surface area (TPSA) is 274 Å². The van der Waals surface area contributed by atoms with Gasteiger partial charge in [0.1, 0.15) is 36.6 Å². The fourth-order valence-corrected chi connectivity index (χ4v) is 1.28. The molecule has 8 unspecified atom stereocenters. The molecule has 0 aliphatic carbocycles. The number of aliphatic hydroxyl groups is 9. The average Bonchev–Trinajstić information content (AvgIpc) is 2.62. The van der Waals surface area contributed by atoms with Crippen molar-refractivity contribution < 1.29 is 90.0 Å². The summed E-state index contributed by atoms with van der Waals surface area (Å²) in [6.07, 6.45) is -16.1. The molecule has 28 heavy (non-hydrogen) atoms. The predicted octanol–water partition coefficient (Wildman–Crippen LogP) is -7.70. The van der Waals surface area contributed by atoms with Crippen LogP contribution in [0.25, 0.3) is 0 Å². The molecule has 14 nitrogen and oxygen atoms in total. The molecule has 16 heteroatoms. The fraction of sp³-hybridized carbons (Fsp3) is 0.750. The van der Waals surface area contributed by atoms with E-state index >= 15 is 0 Å². The first kappa shape index (κ1) is 35.6. The van der Waals surface area contributed by atoms with Gasteiger partial charge in [-0.15, -0.1) is 0 Å². The van der Waals surface area contributed by atoms with Crippen molar-refractivity contribution in [3.63, 3.8) is 0 Å². The predicted molar refractivity (Wildman–Crippen MR) is 85.0 cm³/mol. The third-order valence-corrected chi connectivity index (χ3v) is 2.92. The number of carbonyl (C=O) groups excluding carboxylic acids is 1. The molecule has 0 aliphatic rings. The number of aliphatic hydroxyl groups excluding tert-OH is 9. The first-order valence-electron chi connectivity index (χ1n) is 6.79. The maximum atomic E-state index is 10.1. The van der Waals surface area contributed by atoms with Crippen LogP contribution in [0.2, 0.25) is 0 Å². The van der Waals surface area contributed by atoms with Crippen LogP contribution < -0.4 is 0 Å². The molecule has 0 saturated carbocycles. The summed E-state index contributed by atoms with van der Waals surface area (Å²) in [5.41, 5.74) is 0. The zero-order valence-electron chi connectivity index (χ0n) is 13.8. The van der Waals surface area contributed by atoms with Crippen LogP contribution >= 0.6 is 0 Å². The molecular weight excluding hydrogens is 474 g/mol. The Kier molecular flexibility index (Phi) is 22.8. The van der Waals surface area contributed by atoms with Crippen LogP contribution in [0.3, 0.4) is 0 Å². The first-order valence-corrected chi connectivity index (χ1v) is 6.79. The smallest absolute Gasteiger partial charge is 0 e. The van der Waals surface area contributed by atoms with Crippen molar-refractivity contribution in [1.29, 1.82) is 0 Å². The number of rotatable bonds is 10. The molecule has 0 fully saturated rings. The molecule has 160 valence electrons. The normalized spacial score (nSPS) is 18.8. The van der Waals surface area contributed by atoms with Crippen LogP contribution in [-0.4, -0.2) is 168 Å². The second-order valence-corrected chi connectivity index (χ2v) is 4.91. The summed E-state index contributed by atoms with van der Waals surface area (Å²) in [5, 5.41) is 95.0. The van der Waals surface area contributed by atoms with Crippen LogP contribution in [0, 0.1) is 0 Å². The number of aliphatic carboxylic acids is 2. The van der Waals surface area contributed by atoms with Crippen molar-refractivity contribution in [2.24, 2.45) is 0 Å². The Labute approximate surface area is 200 Å². The molecule has 0 bridgehead atoms. The van der Waals surface area contributed by atoms with Gasteiger partial charge in [-0.25, -0.2) is 9.59 Å². The van der Waals surface area contributed by atoms with E-state index < -0.39 is 67.4 Å². The van der Waals surface area contributed by atoms with E-state index in [1.807, 2.05) is 0 Å². The Morgan fingerprint density at radius 3 is 1.25 bits per heavy atom. The molecule has 0 aromatic carbocycles. The van der Waals surface area contributed by atoms with Crippen molar-refractivity contribution in [1.82, 2.24) is 0 Å². The van der Waals surface area contributed by atoms with Gasteiger partial charge in [-0.05, 0) is 0 Å². The van der Waals surface area contributed by atoms with Gasteiger partial charge in [-0.1, -0.05) is 0 Å². The quantitative estimate of drug-likeness (QED) is 0.0987. The van der Waals surface area contributed by atoms with Gasteiger partial charge in [0.05, 0.1) is 6.61 Å². The summed E-state index contributed by atoms with van der Waals surface area (Å²) >= 11 is 0. The second kappa shape index (κ2) is 17.9. The van der Waals surface area contributed by atoms with Crippen LogP contribution in [0.15, 0.2) is 0 Å². The van der Waals surface area contributed by atoms with E-state index in [2.05, 4.69) is 0 Å². The summed E-state index contributed by atoms with van der Waals surface area (Å²) < 4.78 is 0. The SMILES string of the molecule is O=C(O)C(O)C(O)C(O)C(O)C(=O)O.O=CC(O)C(O)C(O)C(O)CO.[CaH2].[Zn]. The molecule has 0 rings (SSSR count). The number of aldehydes is 1. The molecule has 0 heterocycles. The van der Waals surface area contributed by atoms with Crippen molar-refractivity contribution >= 4 is 56.0 Å². The number of carbonyl (C=O) groups is 3. The van der Waals surface area contributed by atoms with E-state index in [1.165, 1.54) is 0 Å². The number of carboxylic acids is 2. The third-order valence-electron chi connectivity index (χ3n) is 2.92. The Balaban J connectivity index is -0.000000194. The second-order valence-electron chi connectivity index (χ2n) is 4.91. The summed E-state index contributed by atoms with van der Waals surface area (Å²) in [5.74, 6) is -3.68. The largest absolute Gasteiger partial charge is 0 e. The Morgan fingerprint density at radius 1 is 0.714 bits per heavy atom. The standard InChI is InChI=1S/C6H10O8.C6H12O6.Ca.Zn.2H/c7-1(3(9)5(11)12)2(8)4(10)6(13)14;7-1-3(9)5(11)6(12)4(10)2-8;;;;/h1-4,7-10H,(H,11,12)(H,13,14);1,3-6,8-12H,2H2;;;;. The molecule has 11 N–H and O–H groups in total. The van der Waals surface area contributed by atoms with Gasteiger partial charge in [-0.2, -0.15) is 0 Å². The van der Waals surface area contributed by atoms with Gasteiger partial charge in [0.2, 0.25) is 0 Å². The minimum absolute atomic E-state index is 0. The molecule has 0 aromatic heterocycles. The molecule has 0 amide bonds. The number of carboxylic acid groups (broad SMARTS) is 2. The van der Waals surface area contributed by atoms with Gasteiger partial charge in [0.25, 0.3) is 0 Å². The van der Waals surface area contributed by atoms with Crippen LogP contribution in [0.5, 0.6) is 0 Å². The number of hydrogen-bond donors (Lipinski definition) is 11. The number of hydrogen-bond acceptors (Lipinski definition) is 12. The molecular formula is C12H24CaO14Zn. The van der Waals surface area contributed by atoms with E-state index in [0.717, 1.165) is 0 Å². The summed E-state index contributed by atoms with van der Waals surface area (Å²) in [7, 11) is 0. The summed E-state index contributed by atoms with van der Waals surface area (Å²) in [4.78, 5) is 30.1. The minimum Gasteiger partial charge on any atom is 0 e. The average molecular weight is 498 g/mol. The zero-order valence-corrected chi connectivity index (χ0v) is 16.7. The monoisotopic (exact) mass is 496 g/mol. The van der Waals surface area contributed by atoms with Gasteiger partial charge >= 0.3 is 49.7 Å². The van der Waals surface area contributed by atoms with E-state index in [0.29, 0.717) is 0 Å². The third kappa shape index (κ3) is 12.6. The summed E-state index contributed by atoms with van der Waals surface area (Å²) in [6.45, 7) is -0.760. The van der Waals surface area contributed by atoms with E-state index in [9.17, 15) is 14.4 Å². The summed E-state index contributed by atoms with van der Waals surface area (Å²) in [6, 6.07) is 0. The Bertz CT molecular complexity index is 430. The Hall–Kier alpha value is 0.133. The van der Waals surface area contributed by atoms with Crippen molar-refractivity contribution in [3.05, 3.63) is 0 Å². The van der Waals surface area contributed by atoms with E-state index in [-0.39, 0.29) is 63.5 Å². The van der Waals surface area contributed by atoms with Gasteiger partial charge in [0.15, 0.2) is 18.5 Å². The van der Waals surface area contributed by atoms with Crippen LogP contribution in [-0.2, 0) is 33.9 Å². The zero-order chi connectivity index (χ0) is 21.2. The van der Waals surface area contributed by atoms with Gasteiger partial charge in [0, 0.05) is 19.5 Å². The van der Waals surface area contributed by atoms with E-state index in [1.54, 1.807) is 0 Å². The fourth-order valence-electron chi connectivity index (χ4n) is 1.28. The minimum atomic E-state index is -2.36. The molecule has 0 saturated heterocycles. The van der Waals surface area contributed by atoms with Crippen molar-refractivity contribution in [3.8, 4) is 0 Å². The van der Waals surface area contributed by atoms with Crippen LogP contribution in [0.1, 0.15) is 0 Å². The first-order chi connectivity index (χ1) is 11.8. The van der Waals surface area contributed by atoms with Crippen molar-refractivity contribution in [2.75, 3.05) is 6.61 Å². The molecule has 0 spiro atoms. The molecule has 0 radical (unpaired) electrons. The van der Waals surface area contributed by atoms with Crippen molar-refractivity contribution in [2.45, 2.75) is 48.8 Å². The maximum absolute atomic E-state index is 10.1. The van der Waals surface area contributed by atoms with E-state index in [4.69, 9.17) is 56.2 Å². The van der Waals surface area contributed by atoms with Gasteiger partial charge < -0.3 is 61.0 Å². The molecule has 0 aromatic rings. The molecule has 0 aliphatic heterocycles.